The molecule has 1 aliphatic heterocycles. The van der Waals surface area contributed by atoms with Crippen molar-refractivity contribution in [1.82, 2.24) is 0 Å². The minimum absolute atomic E-state index is 0.168. The molecule has 0 aromatic heterocycles. The molecular formula is C14H27FO8S. The predicted octanol–water partition coefficient (Wildman–Crippen LogP) is 0.499. The van der Waals surface area contributed by atoms with Crippen molar-refractivity contribution in [2.75, 3.05) is 47.4 Å². The van der Waals surface area contributed by atoms with E-state index in [0.717, 1.165) is 0 Å². The molecule has 1 unspecified atom stereocenters. The van der Waals surface area contributed by atoms with Gasteiger partial charge in [0.2, 0.25) is 0 Å². The standard InChI is InChI=1S/C14H27FO8S/c1-18-9-10-11(19-2)12(20-3)13(14(21-4)23-10)22-7-5-6-8-24(15,16)17/h10-14H,5-9H2,1-4H3/t10-,11-,12+,13-,14?/m1/s1. The van der Waals surface area contributed by atoms with Crippen molar-refractivity contribution in [1.29, 1.82) is 0 Å². The summed E-state index contributed by atoms with van der Waals surface area (Å²) < 4.78 is 66.4. The summed E-state index contributed by atoms with van der Waals surface area (Å²) in [6, 6.07) is 0. The van der Waals surface area contributed by atoms with Crippen LogP contribution in [0, 0.1) is 0 Å². The third-order valence-corrected chi connectivity index (χ3v) is 4.57. The Labute approximate surface area is 142 Å². The van der Waals surface area contributed by atoms with Gasteiger partial charge in [-0.2, -0.15) is 8.42 Å². The fraction of sp³-hybridized carbons (Fsp3) is 1.00. The zero-order chi connectivity index (χ0) is 18.2. The monoisotopic (exact) mass is 374 g/mol. The third-order valence-electron chi connectivity index (χ3n) is 3.79. The number of hydrogen-bond donors (Lipinski definition) is 0. The van der Waals surface area contributed by atoms with Crippen molar-refractivity contribution in [2.24, 2.45) is 0 Å². The summed E-state index contributed by atoms with van der Waals surface area (Å²) in [5.41, 5.74) is 0. The summed E-state index contributed by atoms with van der Waals surface area (Å²) in [6.45, 7) is 0.522. The molecule has 8 nitrogen and oxygen atoms in total. The molecule has 1 saturated heterocycles. The number of unbranched alkanes of at least 4 members (excludes halogenated alkanes) is 1. The molecule has 0 spiro atoms. The molecular weight excluding hydrogens is 347 g/mol. The van der Waals surface area contributed by atoms with E-state index in [2.05, 4.69) is 0 Å². The van der Waals surface area contributed by atoms with Crippen LogP contribution >= 0.6 is 0 Å². The molecule has 0 aliphatic carbocycles. The SMILES string of the molecule is COC[C@H]1OC(OC)[C@H](OCCCCS(=O)(=O)F)[C@@H](OC)[C@@H]1OC. The van der Waals surface area contributed by atoms with Gasteiger partial charge in [0.25, 0.3) is 0 Å². The largest absolute Gasteiger partial charge is 0.382 e. The van der Waals surface area contributed by atoms with Crippen LogP contribution in [0.15, 0.2) is 0 Å². The van der Waals surface area contributed by atoms with Crippen LogP contribution in [0.4, 0.5) is 3.89 Å². The summed E-state index contributed by atoms with van der Waals surface area (Å²) >= 11 is 0. The quantitative estimate of drug-likeness (QED) is 0.382. The summed E-state index contributed by atoms with van der Waals surface area (Å²) in [4.78, 5) is 0. The molecule has 0 aromatic rings. The first-order chi connectivity index (χ1) is 11.4. The number of ether oxygens (including phenoxy) is 6. The number of methoxy groups -OCH3 is 4. The van der Waals surface area contributed by atoms with E-state index >= 15 is 0 Å². The van der Waals surface area contributed by atoms with E-state index in [-0.39, 0.29) is 19.1 Å². The van der Waals surface area contributed by atoms with Crippen molar-refractivity contribution >= 4 is 10.2 Å². The Morgan fingerprint density at radius 1 is 0.958 bits per heavy atom. The van der Waals surface area contributed by atoms with Crippen LogP contribution in [0.1, 0.15) is 12.8 Å². The highest BCUT2D eigenvalue weighted by molar-refractivity contribution is 7.86. The average molecular weight is 374 g/mol. The van der Waals surface area contributed by atoms with Crippen LogP contribution in [0.5, 0.6) is 0 Å². The van der Waals surface area contributed by atoms with E-state index in [1.807, 2.05) is 0 Å². The van der Waals surface area contributed by atoms with Crippen molar-refractivity contribution in [2.45, 2.75) is 43.5 Å². The Morgan fingerprint density at radius 2 is 1.62 bits per heavy atom. The topological polar surface area (TPSA) is 89.5 Å². The molecule has 10 heteroatoms. The highest BCUT2D eigenvalue weighted by Gasteiger charge is 2.47. The van der Waals surface area contributed by atoms with Crippen LogP contribution in [0.2, 0.25) is 0 Å². The van der Waals surface area contributed by atoms with Gasteiger partial charge in [0.15, 0.2) is 6.29 Å². The molecule has 144 valence electrons. The van der Waals surface area contributed by atoms with E-state index in [4.69, 9.17) is 28.4 Å². The smallest absolute Gasteiger partial charge is 0.302 e. The minimum Gasteiger partial charge on any atom is -0.382 e. The van der Waals surface area contributed by atoms with Gasteiger partial charge in [-0.05, 0) is 12.8 Å². The van der Waals surface area contributed by atoms with Crippen LogP contribution in [0.25, 0.3) is 0 Å². The number of hydrogen-bond acceptors (Lipinski definition) is 8. The Bertz CT molecular complexity index is 446. The molecule has 0 saturated carbocycles. The van der Waals surface area contributed by atoms with Crippen LogP contribution in [-0.4, -0.2) is 86.5 Å². The second kappa shape index (κ2) is 10.6. The lowest BCUT2D eigenvalue weighted by Gasteiger charge is -2.44. The highest BCUT2D eigenvalue weighted by Crippen LogP contribution is 2.28. The molecule has 0 aromatic carbocycles. The van der Waals surface area contributed by atoms with Crippen LogP contribution in [-0.2, 0) is 38.6 Å². The predicted molar refractivity (Wildman–Crippen MR) is 83.0 cm³/mol. The lowest BCUT2D eigenvalue weighted by Crippen LogP contribution is -2.61. The van der Waals surface area contributed by atoms with Gasteiger partial charge >= 0.3 is 10.2 Å². The highest BCUT2D eigenvalue weighted by atomic mass is 32.3. The number of halogens is 1. The van der Waals surface area contributed by atoms with Crippen molar-refractivity contribution < 1.29 is 40.7 Å². The first-order valence-electron chi connectivity index (χ1n) is 7.64. The second-order valence-corrected chi connectivity index (χ2v) is 6.91. The molecule has 24 heavy (non-hydrogen) atoms. The van der Waals surface area contributed by atoms with Gasteiger partial charge < -0.3 is 28.4 Å². The Kier molecular flexibility index (Phi) is 9.57. The number of rotatable bonds is 11. The Hall–Kier alpha value is -0.360. The van der Waals surface area contributed by atoms with Crippen molar-refractivity contribution in [3.05, 3.63) is 0 Å². The van der Waals surface area contributed by atoms with Gasteiger partial charge in [-0.1, -0.05) is 0 Å². The van der Waals surface area contributed by atoms with Crippen molar-refractivity contribution in [3.63, 3.8) is 0 Å². The summed E-state index contributed by atoms with van der Waals surface area (Å²) in [5.74, 6) is -0.518. The first-order valence-corrected chi connectivity index (χ1v) is 9.20. The average Bonchev–Trinajstić information content (AvgIpc) is 2.53. The molecule has 1 rings (SSSR count). The maximum Gasteiger partial charge on any atom is 0.302 e. The maximum atomic E-state index is 12.5. The van der Waals surface area contributed by atoms with Gasteiger partial charge in [-0.15, -0.1) is 3.89 Å². The van der Waals surface area contributed by atoms with Gasteiger partial charge in [0.1, 0.15) is 24.4 Å². The zero-order valence-electron chi connectivity index (χ0n) is 14.5. The van der Waals surface area contributed by atoms with Gasteiger partial charge in [-0.25, -0.2) is 0 Å². The molecule has 0 bridgehead atoms. The second-order valence-electron chi connectivity index (χ2n) is 5.42. The van der Waals surface area contributed by atoms with Gasteiger partial charge in [-0.3, -0.25) is 0 Å². The fourth-order valence-corrected chi connectivity index (χ4v) is 3.24. The summed E-state index contributed by atoms with van der Waals surface area (Å²) in [6.07, 6.45) is -1.97. The third kappa shape index (κ3) is 6.51. The van der Waals surface area contributed by atoms with E-state index in [9.17, 15) is 12.3 Å². The van der Waals surface area contributed by atoms with E-state index in [0.29, 0.717) is 13.0 Å². The first kappa shape index (κ1) is 21.7. The molecule has 1 aliphatic rings. The van der Waals surface area contributed by atoms with E-state index < -0.39 is 40.6 Å². The lowest BCUT2D eigenvalue weighted by atomic mass is 9.98. The van der Waals surface area contributed by atoms with Crippen LogP contribution in [0.3, 0.4) is 0 Å². The lowest BCUT2D eigenvalue weighted by molar-refractivity contribution is -0.311. The van der Waals surface area contributed by atoms with Crippen LogP contribution < -0.4 is 0 Å². The van der Waals surface area contributed by atoms with Gasteiger partial charge in [0, 0.05) is 35.0 Å². The van der Waals surface area contributed by atoms with E-state index in [1.165, 1.54) is 14.2 Å². The molecule has 0 N–H and O–H groups in total. The Morgan fingerprint density at radius 3 is 2.12 bits per heavy atom. The minimum atomic E-state index is -4.45. The molecule has 1 heterocycles. The zero-order valence-corrected chi connectivity index (χ0v) is 15.3. The molecule has 0 radical (unpaired) electrons. The van der Waals surface area contributed by atoms with Gasteiger partial charge in [0.05, 0.1) is 12.4 Å². The normalized spacial score (nSPS) is 31.3. The van der Waals surface area contributed by atoms with E-state index in [1.54, 1.807) is 14.2 Å². The maximum absolute atomic E-state index is 12.5. The summed E-state index contributed by atoms with van der Waals surface area (Å²) in [5, 5.41) is 0. The molecule has 1 fully saturated rings. The molecule has 0 amide bonds. The molecule has 5 atom stereocenters. The fourth-order valence-electron chi connectivity index (χ4n) is 2.69. The summed E-state index contributed by atoms with van der Waals surface area (Å²) in [7, 11) is 1.67. The Balaban J connectivity index is 2.64. The van der Waals surface area contributed by atoms with Crippen molar-refractivity contribution in [3.8, 4) is 0 Å².